The molecule has 5 heteroatoms. The highest BCUT2D eigenvalue weighted by Gasteiger charge is 2.08. The fourth-order valence-electron chi connectivity index (χ4n) is 2.02. The third kappa shape index (κ3) is 3.22. The van der Waals surface area contributed by atoms with E-state index < -0.39 is 0 Å². The predicted molar refractivity (Wildman–Crippen MR) is 82.6 cm³/mol. The fraction of sp³-hybridized carbons (Fsp3) is 0.400. The first-order valence-corrected chi connectivity index (χ1v) is 7.24. The van der Waals surface area contributed by atoms with E-state index in [1.807, 2.05) is 26.1 Å². The Hall–Kier alpha value is -1.75. The maximum Gasteiger partial charge on any atom is 0.138 e. The van der Waals surface area contributed by atoms with Crippen LogP contribution in [0.5, 0.6) is 5.75 Å². The van der Waals surface area contributed by atoms with Gasteiger partial charge in [-0.05, 0) is 26.3 Å². The Morgan fingerprint density at radius 2 is 2.10 bits per heavy atom. The molecule has 0 spiro atoms. The van der Waals surface area contributed by atoms with Crippen molar-refractivity contribution in [2.24, 2.45) is 0 Å². The second-order valence-corrected chi connectivity index (χ2v) is 4.97. The Morgan fingerprint density at radius 1 is 1.30 bits per heavy atom. The van der Waals surface area contributed by atoms with E-state index in [-0.39, 0.29) is 0 Å². The van der Waals surface area contributed by atoms with Crippen LogP contribution >= 0.6 is 12.2 Å². The Morgan fingerprint density at radius 3 is 2.80 bits per heavy atom. The van der Waals surface area contributed by atoms with Crippen molar-refractivity contribution in [2.75, 3.05) is 6.61 Å². The van der Waals surface area contributed by atoms with Gasteiger partial charge in [0.25, 0.3) is 0 Å². The highest BCUT2D eigenvalue weighted by molar-refractivity contribution is 7.71. The number of aromatic amines is 1. The average Bonchev–Trinajstić information content (AvgIpc) is 2.43. The molecule has 0 saturated carbocycles. The van der Waals surface area contributed by atoms with Gasteiger partial charge in [0.2, 0.25) is 0 Å². The number of pyridine rings is 1. The van der Waals surface area contributed by atoms with Crippen molar-refractivity contribution in [3.63, 3.8) is 0 Å². The zero-order chi connectivity index (χ0) is 14.5. The van der Waals surface area contributed by atoms with Crippen LogP contribution in [0.2, 0.25) is 0 Å². The van der Waals surface area contributed by atoms with Crippen LogP contribution < -0.4 is 4.74 Å². The minimum absolute atomic E-state index is 0.623. The van der Waals surface area contributed by atoms with Crippen molar-refractivity contribution in [1.82, 2.24) is 15.0 Å². The molecule has 0 unspecified atom stereocenters. The number of ether oxygens (including phenoxy) is 1. The minimum atomic E-state index is 0.623. The number of hydrogen-bond donors (Lipinski definition) is 1. The number of hydrogen-bond acceptors (Lipinski definition) is 4. The number of aryl methyl sites for hydroxylation is 1. The number of nitrogens with zero attached hydrogens (tertiary/aromatic N) is 2. The number of nitrogens with one attached hydrogen (secondary N) is 1. The summed E-state index contributed by atoms with van der Waals surface area (Å²) in [5, 5.41) is 0. The molecule has 0 fully saturated rings. The molecule has 0 radical (unpaired) electrons. The summed E-state index contributed by atoms with van der Waals surface area (Å²) in [4.78, 5) is 12.0. The molecule has 2 aromatic heterocycles. The van der Waals surface area contributed by atoms with Crippen LogP contribution in [0, 0.1) is 11.6 Å². The van der Waals surface area contributed by atoms with Gasteiger partial charge in [0.05, 0.1) is 18.5 Å². The maximum absolute atomic E-state index is 5.50. The lowest BCUT2D eigenvalue weighted by Crippen LogP contribution is -2.01. The van der Waals surface area contributed by atoms with Gasteiger partial charge >= 0.3 is 0 Å². The van der Waals surface area contributed by atoms with Gasteiger partial charge in [0, 0.05) is 23.7 Å². The molecule has 20 heavy (non-hydrogen) atoms. The standard InChI is InChI=1S/C15H19N3OS/c1-4-6-13-17-14(10(3)15(20)18-13)11-7-12(19-5-2)9-16-8-11/h7-9H,4-6H2,1-3H3,(H,17,18,20). The van der Waals surface area contributed by atoms with E-state index in [2.05, 4.69) is 21.9 Å². The molecule has 0 saturated heterocycles. The normalized spacial score (nSPS) is 10.6. The first-order valence-electron chi connectivity index (χ1n) is 6.83. The van der Waals surface area contributed by atoms with Gasteiger partial charge in [-0.3, -0.25) is 4.98 Å². The van der Waals surface area contributed by atoms with E-state index >= 15 is 0 Å². The van der Waals surface area contributed by atoms with Gasteiger partial charge in [-0.15, -0.1) is 0 Å². The first-order chi connectivity index (χ1) is 9.65. The quantitative estimate of drug-likeness (QED) is 0.849. The molecule has 0 aromatic carbocycles. The van der Waals surface area contributed by atoms with Crippen LogP contribution in [0.3, 0.4) is 0 Å². The molecule has 2 aromatic rings. The van der Waals surface area contributed by atoms with E-state index in [1.165, 1.54) is 0 Å². The molecule has 0 aliphatic carbocycles. The lowest BCUT2D eigenvalue weighted by atomic mass is 10.1. The summed E-state index contributed by atoms with van der Waals surface area (Å²) in [6.45, 7) is 6.67. The van der Waals surface area contributed by atoms with Gasteiger partial charge in [0.15, 0.2) is 0 Å². The largest absolute Gasteiger partial charge is 0.492 e. The first kappa shape index (κ1) is 14.7. The molecule has 1 N–H and O–H groups in total. The summed E-state index contributed by atoms with van der Waals surface area (Å²) in [5.41, 5.74) is 2.91. The maximum atomic E-state index is 5.50. The second-order valence-electron chi connectivity index (χ2n) is 4.58. The van der Waals surface area contributed by atoms with Crippen molar-refractivity contribution in [2.45, 2.75) is 33.6 Å². The average molecular weight is 289 g/mol. The fourth-order valence-corrected chi connectivity index (χ4v) is 2.24. The predicted octanol–water partition coefficient (Wildman–Crippen LogP) is 3.86. The van der Waals surface area contributed by atoms with Crippen LogP contribution in [-0.2, 0) is 6.42 Å². The van der Waals surface area contributed by atoms with Gasteiger partial charge in [0.1, 0.15) is 16.2 Å². The Balaban J connectivity index is 2.50. The van der Waals surface area contributed by atoms with Crippen molar-refractivity contribution in [1.29, 1.82) is 0 Å². The van der Waals surface area contributed by atoms with E-state index in [0.29, 0.717) is 11.2 Å². The topological polar surface area (TPSA) is 50.8 Å². The number of rotatable bonds is 5. The molecule has 0 atom stereocenters. The Labute approximate surface area is 124 Å². The van der Waals surface area contributed by atoms with Crippen molar-refractivity contribution in [3.05, 3.63) is 34.5 Å². The van der Waals surface area contributed by atoms with E-state index in [1.54, 1.807) is 6.20 Å². The lowest BCUT2D eigenvalue weighted by Gasteiger charge is -2.10. The molecular formula is C15H19N3OS. The van der Waals surface area contributed by atoms with Gasteiger partial charge < -0.3 is 9.72 Å². The molecule has 0 aliphatic rings. The molecular weight excluding hydrogens is 270 g/mol. The smallest absolute Gasteiger partial charge is 0.138 e. The number of aromatic nitrogens is 3. The van der Waals surface area contributed by atoms with Gasteiger partial charge in [-0.2, -0.15) is 0 Å². The third-order valence-electron chi connectivity index (χ3n) is 3.00. The molecule has 0 amide bonds. The van der Waals surface area contributed by atoms with E-state index in [0.717, 1.165) is 41.2 Å². The van der Waals surface area contributed by atoms with Crippen LogP contribution in [0.25, 0.3) is 11.3 Å². The summed E-state index contributed by atoms with van der Waals surface area (Å²) in [5.74, 6) is 1.68. The zero-order valence-corrected chi connectivity index (χ0v) is 12.9. The summed E-state index contributed by atoms with van der Waals surface area (Å²) >= 11 is 5.34. The van der Waals surface area contributed by atoms with E-state index in [9.17, 15) is 0 Å². The zero-order valence-electron chi connectivity index (χ0n) is 12.1. The third-order valence-corrected chi connectivity index (χ3v) is 3.40. The van der Waals surface area contributed by atoms with Crippen LogP contribution in [0.4, 0.5) is 0 Å². The van der Waals surface area contributed by atoms with Crippen molar-refractivity contribution in [3.8, 4) is 17.0 Å². The minimum Gasteiger partial charge on any atom is -0.492 e. The highest BCUT2D eigenvalue weighted by atomic mass is 32.1. The molecule has 4 nitrogen and oxygen atoms in total. The summed E-state index contributed by atoms with van der Waals surface area (Å²) in [6, 6.07) is 1.97. The molecule has 0 aliphatic heterocycles. The monoisotopic (exact) mass is 289 g/mol. The molecule has 106 valence electrons. The van der Waals surface area contributed by atoms with Gasteiger partial charge in [-0.25, -0.2) is 4.98 Å². The Kier molecular flexibility index (Phi) is 4.84. The highest BCUT2D eigenvalue weighted by Crippen LogP contribution is 2.24. The van der Waals surface area contributed by atoms with Crippen LogP contribution in [0.15, 0.2) is 18.5 Å². The van der Waals surface area contributed by atoms with Crippen molar-refractivity contribution >= 4 is 12.2 Å². The van der Waals surface area contributed by atoms with Crippen LogP contribution in [0.1, 0.15) is 31.7 Å². The summed E-state index contributed by atoms with van der Waals surface area (Å²) < 4.78 is 6.14. The second kappa shape index (κ2) is 6.61. The van der Waals surface area contributed by atoms with E-state index in [4.69, 9.17) is 17.0 Å². The lowest BCUT2D eigenvalue weighted by molar-refractivity contribution is 0.339. The summed E-state index contributed by atoms with van der Waals surface area (Å²) in [6.07, 6.45) is 5.43. The molecule has 2 heterocycles. The van der Waals surface area contributed by atoms with Crippen LogP contribution in [-0.4, -0.2) is 21.6 Å². The SMILES string of the molecule is CCCc1nc(=S)c(C)c(-c2cncc(OCC)c2)[nH]1. The Bertz CT molecular complexity index is 652. The molecule has 2 rings (SSSR count). The molecule has 0 bridgehead atoms. The van der Waals surface area contributed by atoms with Gasteiger partial charge in [-0.1, -0.05) is 19.1 Å². The number of H-pyrrole nitrogens is 1. The summed E-state index contributed by atoms with van der Waals surface area (Å²) in [7, 11) is 0. The van der Waals surface area contributed by atoms with Crippen molar-refractivity contribution < 1.29 is 4.74 Å².